The van der Waals surface area contributed by atoms with Crippen LogP contribution in [0, 0.1) is 0 Å². The highest BCUT2D eigenvalue weighted by molar-refractivity contribution is 6.17. The molecule has 0 aliphatic carbocycles. The van der Waals surface area contributed by atoms with Crippen molar-refractivity contribution in [1.29, 1.82) is 0 Å². The first-order valence-electron chi connectivity index (χ1n) is 23.3. The van der Waals surface area contributed by atoms with Crippen LogP contribution >= 0.6 is 0 Å². The predicted octanol–water partition coefficient (Wildman–Crippen LogP) is 14.5. The van der Waals surface area contributed by atoms with Gasteiger partial charge in [0.25, 0.3) is 0 Å². The number of aliphatic imine (C=N–C) groups is 2. The molecule has 9 aromatic carbocycles. The van der Waals surface area contributed by atoms with E-state index >= 15 is 0 Å². The molecule has 3 aromatic heterocycles. The molecule has 7 nitrogen and oxygen atoms in total. The summed E-state index contributed by atoms with van der Waals surface area (Å²) in [5.74, 6) is 2.13. The minimum atomic E-state index is -0.273. The lowest BCUT2D eigenvalue weighted by atomic mass is 10.0. The molecule has 0 fully saturated rings. The minimum Gasteiger partial charge on any atom is -0.333 e. The molecule has 1 unspecified atom stereocenters. The van der Waals surface area contributed by atoms with Gasteiger partial charge in [0.05, 0.1) is 33.5 Å². The molecule has 7 heteroatoms. The predicted molar refractivity (Wildman–Crippen MR) is 283 cm³/mol. The molecular formula is C62H43N7. The number of fused-ring (bicyclic) bond motifs is 6. The second kappa shape index (κ2) is 16.6. The maximum Gasteiger partial charge on any atom is 0.235 e. The van der Waals surface area contributed by atoms with Crippen molar-refractivity contribution >= 4 is 55.3 Å². The molecular weight excluding hydrogens is 843 g/mol. The van der Waals surface area contributed by atoms with E-state index in [1.807, 2.05) is 24.3 Å². The quantitative estimate of drug-likeness (QED) is 0.153. The Morgan fingerprint density at radius 2 is 0.841 bits per heavy atom. The first kappa shape index (κ1) is 40.1. The smallest absolute Gasteiger partial charge is 0.235 e. The number of nitrogens with zero attached hydrogens (tertiary/aromatic N) is 7. The first-order chi connectivity index (χ1) is 34.1. The summed E-state index contributed by atoms with van der Waals surface area (Å²) in [6.07, 6.45) is -0.273. The van der Waals surface area contributed by atoms with Gasteiger partial charge in [0.15, 0.2) is 5.84 Å². The van der Waals surface area contributed by atoms with Gasteiger partial charge in [0, 0.05) is 56.5 Å². The van der Waals surface area contributed by atoms with Gasteiger partial charge in [-0.2, -0.15) is 0 Å². The zero-order chi connectivity index (χ0) is 45.8. The molecule has 69 heavy (non-hydrogen) atoms. The van der Waals surface area contributed by atoms with Crippen LogP contribution in [0.15, 0.2) is 247 Å². The van der Waals surface area contributed by atoms with Crippen molar-refractivity contribution < 1.29 is 0 Å². The van der Waals surface area contributed by atoms with Crippen molar-refractivity contribution in [3.8, 4) is 45.3 Å². The Morgan fingerprint density at radius 1 is 0.362 bits per heavy atom. The molecule has 4 heterocycles. The van der Waals surface area contributed by atoms with Crippen molar-refractivity contribution in [1.82, 2.24) is 24.0 Å². The van der Waals surface area contributed by atoms with Crippen molar-refractivity contribution in [3.63, 3.8) is 0 Å². The van der Waals surface area contributed by atoms with Crippen molar-refractivity contribution in [3.05, 3.63) is 253 Å². The van der Waals surface area contributed by atoms with Gasteiger partial charge in [-0.15, -0.1) is 0 Å². The Hall–Kier alpha value is -9.20. The lowest BCUT2D eigenvalue weighted by molar-refractivity contribution is 0.383. The Balaban J connectivity index is 1.03. The third-order valence-corrected chi connectivity index (χ3v) is 13.4. The molecule has 0 radical (unpaired) electrons. The maximum atomic E-state index is 5.38. The highest BCUT2D eigenvalue weighted by atomic mass is 15.3. The second-order valence-electron chi connectivity index (χ2n) is 17.5. The SMILES string of the molecule is CN1C(c2ccccc2)=NC(c2ccc3c(c2)c2cc(-c4cccc(-n5c6ccccc6c6ccccc65)c4)ccc2n3-c2nc(-c3ccccc3)cc(-c3ccccc3)n2)=NC1c1ccccc1. The highest BCUT2D eigenvalue weighted by Crippen LogP contribution is 2.39. The third kappa shape index (κ3) is 6.98. The van der Waals surface area contributed by atoms with Gasteiger partial charge in [-0.3, -0.25) is 4.57 Å². The Bertz CT molecular complexity index is 3850. The molecule has 0 bridgehead atoms. The van der Waals surface area contributed by atoms with Gasteiger partial charge >= 0.3 is 0 Å². The standard InChI is InChI=1S/C62H43N7/c1-67-60(43-23-10-4-11-24-43)65-59(66-61(67)44-25-12-5-13-26-44)47-34-36-58-52(39-47)51-38-46(45-27-18-28-48(37-45)68-55-31-16-14-29-49(55)50-30-15-17-32-56(50)68)33-35-57(51)69(58)62-63-53(41-19-6-2-7-20-41)40-54(64-62)42-21-8-3-9-22-42/h2-40,60H,1H3. The van der Waals surface area contributed by atoms with Crippen molar-refractivity contribution in [2.75, 3.05) is 7.05 Å². The number of rotatable bonds is 8. The topological polar surface area (TPSA) is 63.6 Å². The number of benzene rings is 9. The lowest BCUT2D eigenvalue weighted by Crippen LogP contribution is -2.35. The van der Waals surface area contributed by atoms with E-state index < -0.39 is 0 Å². The monoisotopic (exact) mass is 885 g/mol. The van der Waals surface area contributed by atoms with Crippen LogP contribution in [0.2, 0.25) is 0 Å². The molecule has 13 rings (SSSR count). The zero-order valence-corrected chi connectivity index (χ0v) is 37.7. The van der Waals surface area contributed by atoms with Gasteiger partial charge < -0.3 is 9.47 Å². The van der Waals surface area contributed by atoms with Gasteiger partial charge in [-0.1, -0.05) is 176 Å². The van der Waals surface area contributed by atoms with Crippen molar-refractivity contribution in [2.24, 2.45) is 9.98 Å². The molecule has 1 aliphatic heterocycles. The summed E-state index contributed by atoms with van der Waals surface area (Å²) in [6, 6.07) is 83.2. The average molecular weight is 886 g/mol. The molecule has 1 atom stereocenters. The van der Waals surface area contributed by atoms with Gasteiger partial charge in [-0.25, -0.2) is 20.0 Å². The van der Waals surface area contributed by atoms with Crippen LogP contribution in [0.5, 0.6) is 0 Å². The fourth-order valence-corrected chi connectivity index (χ4v) is 10.1. The van der Waals surface area contributed by atoms with E-state index in [0.29, 0.717) is 11.8 Å². The van der Waals surface area contributed by atoms with E-state index in [1.54, 1.807) is 0 Å². The minimum absolute atomic E-state index is 0.273. The van der Waals surface area contributed by atoms with Crippen LogP contribution in [0.4, 0.5) is 0 Å². The number of hydrogen-bond acceptors (Lipinski definition) is 5. The average Bonchev–Trinajstić information content (AvgIpc) is 3.94. The number of hydrogen-bond donors (Lipinski definition) is 0. The zero-order valence-electron chi connectivity index (χ0n) is 37.7. The summed E-state index contributed by atoms with van der Waals surface area (Å²) >= 11 is 0. The molecule has 0 amide bonds. The fourth-order valence-electron chi connectivity index (χ4n) is 10.1. The largest absolute Gasteiger partial charge is 0.333 e. The number of para-hydroxylation sites is 2. The molecule has 0 saturated heterocycles. The molecule has 1 aliphatic rings. The summed E-state index contributed by atoms with van der Waals surface area (Å²) < 4.78 is 4.59. The molecule has 0 N–H and O–H groups in total. The van der Waals surface area contributed by atoms with E-state index in [4.69, 9.17) is 20.0 Å². The van der Waals surface area contributed by atoms with E-state index in [9.17, 15) is 0 Å². The molecule has 326 valence electrons. The van der Waals surface area contributed by atoms with E-state index in [-0.39, 0.29) is 6.17 Å². The van der Waals surface area contributed by atoms with Crippen LogP contribution in [0.1, 0.15) is 22.9 Å². The van der Waals surface area contributed by atoms with E-state index in [2.05, 4.69) is 233 Å². The lowest BCUT2D eigenvalue weighted by Gasteiger charge is -2.32. The normalized spacial score (nSPS) is 13.9. The molecule has 12 aromatic rings. The van der Waals surface area contributed by atoms with Gasteiger partial charge in [0.2, 0.25) is 5.95 Å². The molecule has 0 saturated carbocycles. The van der Waals surface area contributed by atoms with Crippen LogP contribution in [-0.2, 0) is 0 Å². The van der Waals surface area contributed by atoms with E-state index in [1.165, 1.54) is 21.8 Å². The first-order valence-corrected chi connectivity index (χ1v) is 23.3. The fraction of sp³-hybridized carbons (Fsp3) is 0.0323. The molecule has 0 spiro atoms. The summed E-state index contributed by atoms with van der Waals surface area (Å²) in [4.78, 5) is 23.6. The Morgan fingerprint density at radius 3 is 1.45 bits per heavy atom. The Labute approximate surface area is 399 Å². The van der Waals surface area contributed by atoms with Crippen molar-refractivity contribution in [2.45, 2.75) is 6.17 Å². The van der Waals surface area contributed by atoms with E-state index in [0.717, 1.165) is 83.7 Å². The van der Waals surface area contributed by atoms with Gasteiger partial charge in [-0.05, 0) is 77.4 Å². The summed E-state index contributed by atoms with van der Waals surface area (Å²) in [6.45, 7) is 0. The summed E-state index contributed by atoms with van der Waals surface area (Å²) in [5.41, 5.74) is 14.4. The summed E-state index contributed by atoms with van der Waals surface area (Å²) in [7, 11) is 2.08. The van der Waals surface area contributed by atoms with Gasteiger partial charge in [0.1, 0.15) is 12.0 Å². The number of aromatic nitrogens is 4. The number of amidine groups is 2. The van der Waals surface area contributed by atoms with Crippen LogP contribution in [-0.4, -0.2) is 42.7 Å². The Kier molecular flexibility index (Phi) is 9.65. The second-order valence-corrected chi connectivity index (χ2v) is 17.5. The maximum absolute atomic E-state index is 5.38. The third-order valence-electron chi connectivity index (χ3n) is 13.4. The van der Waals surface area contributed by atoms with Crippen LogP contribution in [0.3, 0.4) is 0 Å². The highest BCUT2D eigenvalue weighted by Gasteiger charge is 2.27. The summed E-state index contributed by atoms with van der Waals surface area (Å²) in [5, 5.41) is 4.60. The van der Waals surface area contributed by atoms with Crippen LogP contribution in [0.25, 0.3) is 88.9 Å². The van der Waals surface area contributed by atoms with Crippen LogP contribution < -0.4 is 0 Å².